The van der Waals surface area contributed by atoms with Crippen molar-refractivity contribution in [1.82, 2.24) is 19.5 Å². The van der Waals surface area contributed by atoms with Crippen molar-refractivity contribution in [3.63, 3.8) is 0 Å². The number of nitrogens with zero attached hydrogens (tertiary/aromatic N) is 5. The van der Waals surface area contributed by atoms with E-state index in [0.29, 0.717) is 39.4 Å². The van der Waals surface area contributed by atoms with Gasteiger partial charge in [-0.15, -0.1) is 0 Å². The number of pyridine rings is 1. The molecule has 2 aromatic heterocycles. The lowest BCUT2D eigenvalue weighted by atomic mass is 9.82. The number of benzene rings is 6. The molecule has 8 aromatic rings. The number of fused-ring (bicyclic) bond motifs is 4. The first kappa shape index (κ1) is 33.5. The van der Waals surface area contributed by atoms with Crippen molar-refractivity contribution in [2.24, 2.45) is 4.99 Å². The molecular weight excluding hydrogens is 679 g/mol. The van der Waals surface area contributed by atoms with Crippen LogP contribution in [0.25, 0.3) is 55.8 Å². The Hall–Kier alpha value is -7.38. The highest BCUT2D eigenvalue weighted by molar-refractivity contribution is 6.12. The standard InChI is InChI=1S/C48H33N5O2/c1-2-31(19-15-29-49-43-35-21-6-8-23-37(35)44(54)38-24-9-7-22-36(38)43)46-50-47(32-16-4-3-5-17-32)52-48(51-46)33-18-14-20-34(30-33)53-41-27-12-10-25-39(41)45(55)40-26-11-13-28-42(40)53/h2-30,43H,1H3/b19-15-,31-2+,49-29+. The second-order valence-electron chi connectivity index (χ2n) is 13.2. The Morgan fingerprint density at radius 1 is 0.618 bits per heavy atom. The van der Waals surface area contributed by atoms with Gasteiger partial charge in [0.15, 0.2) is 28.7 Å². The summed E-state index contributed by atoms with van der Waals surface area (Å²) in [5.74, 6) is 1.60. The van der Waals surface area contributed by atoms with Gasteiger partial charge in [0, 0.05) is 50.5 Å². The Kier molecular flexibility index (Phi) is 8.65. The molecule has 55 heavy (non-hydrogen) atoms. The quantitative estimate of drug-likeness (QED) is 0.0933. The Balaban J connectivity index is 1.12. The van der Waals surface area contributed by atoms with Gasteiger partial charge in [0.05, 0.1) is 11.0 Å². The van der Waals surface area contributed by atoms with Crippen molar-refractivity contribution < 1.29 is 4.79 Å². The van der Waals surface area contributed by atoms with Crippen LogP contribution in [-0.2, 0) is 0 Å². The van der Waals surface area contributed by atoms with E-state index in [1.807, 2.05) is 171 Å². The van der Waals surface area contributed by atoms with E-state index >= 15 is 0 Å². The number of hydrogen-bond acceptors (Lipinski definition) is 6. The Morgan fingerprint density at radius 2 is 1.18 bits per heavy atom. The maximum absolute atomic E-state index is 13.5. The summed E-state index contributed by atoms with van der Waals surface area (Å²) in [6.07, 6.45) is 7.57. The fourth-order valence-electron chi connectivity index (χ4n) is 7.35. The van der Waals surface area contributed by atoms with Gasteiger partial charge in [0.25, 0.3) is 0 Å². The van der Waals surface area contributed by atoms with Crippen molar-refractivity contribution in [1.29, 1.82) is 0 Å². The number of aromatic nitrogens is 4. The average molecular weight is 712 g/mol. The van der Waals surface area contributed by atoms with Crippen LogP contribution in [0.1, 0.15) is 45.8 Å². The van der Waals surface area contributed by atoms with E-state index in [2.05, 4.69) is 10.6 Å². The fourth-order valence-corrected chi connectivity index (χ4v) is 7.35. The molecular formula is C48H33N5O2. The minimum Gasteiger partial charge on any atom is -0.309 e. The van der Waals surface area contributed by atoms with Gasteiger partial charge >= 0.3 is 0 Å². The summed E-state index contributed by atoms with van der Waals surface area (Å²) in [6.45, 7) is 1.95. The minimum absolute atomic E-state index is 0.00803. The number of para-hydroxylation sites is 2. The molecule has 7 heteroatoms. The second-order valence-corrected chi connectivity index (χ2v) is 13.2. The van der Waals surface area contributed by atoms with Crippen LogP contribution < -0.4 is 5.43 Å². The van der Waals surface area contributed by atoms with Crippen molar-refractivity contribution in [2.45, 2.75) is 13.0 Å². The highest BCUT2D eigenvalue weighted by Gasteiger charge is 2.29. The van der Waals surface area contributed by atoms with Crippen LogP contribution in [0.5, 0.6) is 0 Å². The second kappa shape index (κ2) is 14.2. The summed E-state index contributed by atoms with van der Waals surface area (Å²) in [5.41, 5.74) is 8.12. The molecule has 0 atom stereocenters. The smallest absolute Gasteiger partial charge is 0.197 e. The first-order valence-electron chi connectivity index (χ1n) is 18.1. The molecule has 262 valence electrons. The van der Waals surface area contributed by atoms with Gasteiger partial charge in [-0.2, -0.15) is 0 Å². The van der Waals surface area contributed by atoms with Gasteiger partial charge in [-0.3, -0.25) is 14.6 Å². The molecule has 0 unspecified atom stereocenters. The van der Waals surface area contributed by atoms with Crippen LogP contribution in [0.4, 0.5) is 0 Å². The molecule has 0 amide bonds. The number of carbonyl (C=O) groups excluding carboxylic acids is 1. The highest BCUT2D eigenvalue weighted by Crippen LogP contribution is 2.37. The Morgan fingerprint density at radius 3 is 1.84 bits per heavy atom. The molecule has 0 radical (unpaired) electrons. The van der Waals surface area contributed by atoms with Gasteiger partial charge in [0.1, 0.15) is 6.04 Å². The zero-order valence-electron chi connectivity index (χ0n) is 29.9. The number of carbonyl (C=O) groups is 1. The molecule has 0 aliphatic heterocycles. The van der Waals surface area contributed by atoms with E-state index in [-0.39, 0.29) is 17.3 Å². The van der Waals surface area contributed by atoms with Crippen molar-refractivity contribution in [3.05, 3.63) is 208 Å². The molecule has 0 bridgehead atoms. The van der Waals surface area contributed by atoms with Crippen molar-refractivity contribution in [2.75, 3.05) is 0 Å². The monoisotopic (exact) mass is 711 g/mol. The minimum atomic E-state index is -0.304. The highest BCUT2D eigenvalue weighted by atomic mass is 16.1. The fraction of sp³-hybridized carbons (Fsp3) is 0.0417. The molecule has 0 saturated carbocycles. The number of ketones is 1. The van der Waals surface area contributed by atoms with E-state index < -0.39 is 0 Å². The predicted octanol–water partition coefficient (Wildman–Crippen LogP) is 10.0. The summed E-state index contributed by atoms with van der Waals surface area (Å²) in [4.78, 5) is 46.6. The average Bonchev–Trinajstić information content (AvgIpc) is 3.25. The zero-order valence-corrected chi connectivity index (χ0v) is 29.9. The molecule has 9 rings (SSSR count). The van der Waals surface area contributed by atoms with Crippen LogP contribution in [0.2, 0.25) is 0 Å². The molecule has 1 aliphatic carbocycles. The topological polar surface area (TPSA) is 90.1 Å². The first-order chi connectivity index (χ1) is 27.1. The molecule has 2 heterocycles. The van der Waals surface area contributed by atoms with E-state index in [0.717, 1.165) is 44.5 Å². The number of rotatable bonds is 7. The van der Waals surface area contributed by atoms with Crippen molar-refractivity contribution >= 4 is 39.4 Å². The summed E-state index contributed by atoms with van der Waals surface area (Å²) in [5, 5.41) is 1.30. The third-order valence-corrected chi connectivity index (χ3v) is 9.98. The molecule has 0 fully saturated rings. The zero-order chi connectivity index (χ0) is 37.3. The van der Waals surface area contributed by atoms with Crippen LogP contribution in [0.15, 0.2) is 180 Å². The summed E-state index contributed by atoms with van der Waals surface area (Å²) in [7, 11) is 0. The van der Waals surface area contributed by atoms with Crippen LogP contribution in [0, 0.1) is 0 Å². The normalized spacial score (nSPS) is 13.2. The summed E-state index contributed by atoms with van der Waals surface area (Å²) in [6, 6.07) is 48.4. The number of allylic oxidation sites excluding steroid dienone is 4. The van der Waals surface area contributed by atoms with Crippen LogP contribution >= 0.6 is 0 Å². The lowest BCUT2D eigenvalue weighted by Gasteiger charge is -2.24. The molecule has 0 saturated heterocycles. The number of hydrogen-bond donors (Lipinski definition) is 0. The van der Waals surface area contributed by atoms with E-state index in [9.17, 15) is 9.59 Å². The number of aliphatic imine (C=N–C) groups is 1. The predicted molar refractivity (Wildman–Crippen MR) is 221 cm³/mol. The SMILES string of the molecule is C\C=C(/C=C\C=N\C1c2ccccc2C(=O)c2ccccc21)c1nc(-c2ccccc2)nc(-c2cccc(-n3c4ccccc4c(=O)c4ccccc43)c2)n1. The van der Waals surface area contributed by atoms with Crippen LogP contribution in [0.3, 0.4) is 0 Å². The summed E-state index contributed by atoms with van der Waals surface area (Å²) >= 11 is 0. The third kappa shape index (κ3) is 6.07. The van der Waals surface area contributed by atoms with Crippen LogP contribution in [-0.4, -0.2) is 31.5 Å². The van der Waals surface area contributed by atoms with Gasteiger partial charge in [0.2, 0.25) is 0 Å². The molecule has 0 spiro atoms. The van der Waals surface area contributed by atoms with E-state index in [1.165, 1.54) is 0 Å². The van der Waals surface area contributed by atoms with Gasteiger partial charge < -0.3 is 4.57 Å². The van der Waals surface area contributed by atoms with E-state index in [1.54, 1.807) is 6.21 Å². The first-order valence-corrected chi connectivity index (χ1v) is 18.1. The maximum Gasteiger partial charge on any atom is 0.197 e. The maximum atomic E-state index is 13.5. The lowest BCUT2D eigenvalue weighted by molar-refractivity contribution is 0.103. The van der Waals surface area contributed by atoms with Crippen molar-refractivity contribution in [3.8, 4) is 28.5 Å². The molecule has 0 N–H and O–H groups in total. The summed E-state index contributed by atoms with van der Waals surface area (Å²) < 4.78 is 2.12. The molecule has 6 aromatic carbocycles. The molecule has 7 nitrogen and oxygen atoms in total. The Bertz CT molecular complexity index is 2830. The third-order valence-electron chi connectivity index (χ3n) is 9.98. The van der Waals surface area contributed by atoms with Gasteiger partial charge in [-0.1, -0.05) is 127 Å². The van der Waals surface area contributed by atoms with Gasteiger partial charge in [-0.25, -0.2) is 15.0 Å². The lowest BCUT2D eigenvalue weighted by Crippen LogP contribution is -2.18. The molecule has 1 aliphatic rings. The Labute approximate surface area is 317 Å². The van der Waals surface area contributed by atoms with Gasteiger partial charge in [-0.05, 0) is 60.5 Å². The van der Waals surface area contributed by atoms with E-state index in [4.69, 9.17) is 19.9 Å². The largest absolute Gasteiger partial charge is 0.309 e.